The third kappa shape index (κ3) is 3.03. The van der Waals surface area contributed by atoms with Gasteiger partial charge >= 0.3 is 0 Å². The molecular formula is C14H16N4O2. The zero-order valence-electron chi connectivity index (χ0n) is 11.3. The summed E-state index contributed by atoms with van der Waals surface area (Å²) in [6.45, 7) is 1.77. The monoisotopic (exact) mass is 272 g/mol. The van der Waals surface area contributed by atoms with Gasteiger partial charge in [-0.25, -0.2) is 0 Å². The summed E-state index contributed by atoms with van der Waals surface area (Å²) in [7, 11) is 1.57. The molecule has 1 aromatic heterocycles. The molecule has 2 rings (SSSR count). The molecule has 6 heteroatoms. The van der Waals surface area contributed by atoms with Crippen LogP contribution < -0.4 is 10.6 Å². The highest BCUT2D eigenvalue weighted by Gasteiger charge is 2.15. The molecule has 2 aromatic rings. The van der Waals surface area contributed by atoms with Crippen molar-refractivity contribution >= 4 is 17.5 Å². The van der Waals surface area contributed by atoms with Crippen LogP contribution in [0.15, 0.2) is 42.7 Å². The second-order valence-electron chi connectivity index (χ2n) is 4.31. The van der Waals surface area contributed by atoms with E-state index in [0.29, 0.717) is 11.3 Å². The Labute approximate surface area is 116 Å². The minimum absolute atomic E-state index is 0.159. The number of benzene rings is 1. The molecule has 1 heterocycles. The molecule has 6 nitrogen and oxygen atoms in total. The first-order valence-corrected chi connectivity index (χ1v) is 6.24. The first-order valence-electron chi connectivity index (χ1n) is 6.24. The van der Waals surface area contributed by atoms with E-state index in [2.05, 4.69) is 15.7 Å². The van der Waals surface area contributed by atoms with Crippen LogP contribution in [0.3, 0.4) is 0 Å². The van der Waals surface area contributed by atoms with E-state index in [-0.39, 0.29) is 11.8 Å². The molecule has 104 valence electrons. The van der Waals surface area contributed by atoms with Gasteiger partial charge in [0.25, 0.3) is 5.91 Å². The lowest BCUT2D eigenvalue weighted by molar-refractivity contribution is -0.119. The molecule has 20 heavy (non-hydrogen) atoms. The molecule has 0 radical (unpaired) electrons. The molecule has 0 aliphatic heterocycles. The maximum absolute atomic E-state index is 12.0. The van der Waals surface area contributed by atoms with Gasteiger partial charge in [-0.05, 0) is 37.3 Å². The van der Waals surface area contributed by atoms with E-state index < -0.39 is 6.04 Å². The number of hydrogen-bond donors (Lipinski definition) is 2. The van der Waals surface area contributed by atoms with Gasteiger partial charge in [0, 0.05) is 30.7 Å². The average molecular weight is 272 g/mol. The number of anilines is 1. The van der Waals surface area contributed by atoms with E-state index in [1.54, 1.807) is 61.4 Å². The van der Waals surface area contributed by atoms with Gasteiger partial charge in [0.2, 0.25) is 5.91 Å². The standard InChI is InChI=1S/C14H16N4O2/c1-10(18-9-3-8-16-18)13(19)17-12-6-4-11(5-7-12)14(20)15-2/h3-10H,1-2H3,(H,15,20)(H,17,19). The van der Waals surface area contributed by atoms with E-state index in [0.717, 1.165) is 0 Å². The topological polar surface area (TPSA) is 76.0 Å². The summed E-state index contributed by atoms with van der Waals surface area (Å²) in [5.74, 6) is -0.325. The van der Waals surface area contributed by atoms with Crippen LogP contribution in [0.5, 0.6) is 0 Å². The second-order valence-corrected chi connectivity index (χ2v) is 4.31. The summed E-state index contributed by atoms with van der Waals surface area (Å²) in [5.41, 5.74) is 1.19. The molecule has 0 aliphatic carbocycles. The SMILES string of the molecule is CNC(=O)c1ccc(NC(=O)C(C)n2cccn2)cc1. The van der Waals surface area contributed by atoms with E-state index in [9.17, 15) is 9.59 Å². The van der Waals surface area contributed by atoms with Crippen LogP contribution in [0.2, 0.25) is 0 Å². The number of hydrogen-bond acceptors (Lipinski definition) is 3. The Bertz CT molecular complexity index is 590. The number of aromatic nitrogens is 2. The first kappa shape index (κ1) is 13.8. The van der Waals surface area contributed by atoms with E-state index in [4.69, 9.17) is 0 Å². The summed E-state index contributed by atoms with van der Waals surface area (Å²) < 4.78 is 1.58. The molecule has 0 aliphatic rings. The maximum Gasteiger partial charge on any atom is 0.251 e. The highest BCUT2D eigenvalue weighted by atomic mass is 16.2. The lowest BCUT2D eigenvalue weighted by Gasteiger charge is -2.12. The van der Waals surface area contributed by atoms with Crippen molar-refractivity contribution in [2.24, 2.45) is 0 Å². The first-order chi connectivity index (χ1) is 9.61. The molecule has 1 unspecified atom stereocenters. The lowest BCUT2D eigenvalue weighted by atomic mass is 10.2. The largest absolute Gasteiger partial charge is 0.355 e. The molecular weight excluding hydrogens is 256 g/mol. The fraction of sp³-hybridized carbons (Fsp3) is 0.214. The van der Waals surface area contributed by atoms with Gasteiger partial charge in [0.15, 0.2) is 0 Å². The van der Waals surface area contributed by atoms with Gasteiger partial charge in [-0.2, -0.15) is 5.10 Å². The molecule has 1 aromatic carbocycles. The van der Waals surface area contributed by atoms with E-state index in [1.807, 2.05) is 0 Å². The minimum atomic E-state index is -0.399. The van der Waals surface area contributed by atoms with E-state index >= 15 is 0 Å². The Balaban J connectivity index is 2.03. The number of carbonyl (C=O) groups excluding carboxylic acids is 2. The third-order valence-electron chi connectivity index (χ3n) is 2.94. The molecule has 0 saturated carbocycles. The second kappa shape index (κ2) is 6.01. The Morgan fingerprint density at radius 3 is 2.50 bits per heavy atom. The predicted octanol–water partition coefficient (Wildman–Crippen LogP) is 1.44. The van der Waals surface area contributed by atoms with Crippen LogP contribution in [0.4, 0.5) is 5.69 Å². The van der Waals surface area contributed by atoms with Gasteiger partial charge in [-0.3, -0.25) is 14.3 Å². The number of amides is 2. The Morgan fingerprint density at radius 1 is 1.25 bits per heavy atom. The number of nitrogens with one attached hydrogen (secondary N) is 2. The van der Waals surface area contributed by atoms with Crippen molar-refractivity contribution in [3.05, 3.63) is 48.3 Å². The van der Waals surface area contributed by atoms with Crippen LogP contribution in [-0.4, -0.2) is 28.6 Å². The smallest absolute Gasteiger partial charge is 0.251 e. The lowest BCUT2D eigenvalue weighted by Crippen LogP contribution is -2.24. The zero-order valence-corrected chi connectivity index (χ0v) is 11.3. The highest BCUT2D eigenvalue weighted by Crippen LogP contribution is 2.12. The number of carbonyl (C=O) groups is 2. The van der Waals surface area contributed by atoms with Gasteiger partial charge in [-0.15, -0.1) is 0 Å². The summed E-state index contributed by atoms with van der Waals surface area (Å²) in [4.78, 5) is 23.4. The van der Waals surface area contributed by atoms with Crippen molar-refractivity contribution in [1.82, 2.24) is 15.1 Å². The normalized spacial score (nSPS) is 11.7. The van der Waals surface area contributed by atoms with Crippen molar-refractivity contribution in [2.75, 3.05) is 12.4 Å². The predicted molar refractivity (Wildman–Crippen MR) is 75.4 cm³/mol. The number of nitrogens with zero attached hydrogens (tertiary/aromatic N) is 2. The van der Waals surface area contributed by atoms with Gasteiger partial charge in [0.1, 0.15) is 6.04 Å². The van der Waals surface area contributed by atoms with Crippen LogP contribution in [0.1, 0.15) is 23.3 Å². The Kier molecular flexibility index (Phi) is 4.14. The molecule has 0 spiro atoms. The Hall–Kier alpha value is -2.63. The average Bonchev–Trinajstić information content (AvgIpc) is 3.00. The fourth-order valence-corrected chi connectivity index (χ4v) is 1.73. The fourth-order valence-electron chi connectivity index (χ4n) is 1.73. The molecule has 0 saturated heterocycles. The van der Waals surface area contributed by atoms with Crippen molar-refractivity contribution < 1.29 is 9.59 Å². The molecule has 0 bridgehead atoms. The summed E-state index contributed by atoms with van der Waals surface area (Å²) in [6, 6.07) is 8.07. The quantitative estimate of drug-likeness (QED) is 0.884. The van der Waals surface area contributed by atoms with Crippen LogP contribution in [-0.2, 0) is 4.79 Å². The molecule has 2 amide bonds. The maximum atomic E-state index is 12.0. The van der Waals surface area contributed by atoms with Crippen molar-refractivity contribution in [3.63, 3.8) is 0 Å². The molecule has 0 fully saturated rings. The van der Waals surface area contributed by atoms with E-state index in [1.165, 1.54) is 0 Å². The summed E-state index contributed by atoms with van der Waals surface area (Å²) >= 11 is 0. The van der Waals surface area contributed by atoms with Crippen molar-refractivity contribution in [1.29, 1.82) is 0 Å². The van der Waals surface area contributed by atoms with Crippen LogP contribution in [0, 0.1) is 0 Å². The molecule has 1 atom stereocenters. The highest BCUT2D eigenvalue weighted by molar-refractivity contribution is 5.96. The van der Waals surface area contributed by atoms with Gasteiger partial charge in [0.05, 0.1) is 0 Å². The third-order valence-corrected chi connectivity index (χ3v) is 2.94. The van der Waals surface area contributed by atoms with Crippen LogP contribution in [0.25, 0.3) is 0 Å². The molecule has 2 N–H and O–H groups in total. The van der Waals surface area contributed by atoms with Crippen molar-refractivity contribution in [2.45, 2.75) is 13.0 Å². The van der Waals surface area contributed by atoms with Gasteiger partial charge < -0.3 is 10.6 Å². The minimum Gasteiger partial charge on any atom is -0.355 e. The Morgan fingerprint density at radius 2 is 1.95 bits per heavy atom. The number of rotatable bonds is 4. The van der Waals surface area contributed by atoms with Crippen LogP contribution >= 0.6 is 0 Å². The summed E-state index contributed by atoms with van der Waals surface area (Å²) in [5, 5.41) is 9.35. The van der Waals surface area contributed by atoms with Crippen molar-refractivity contribution in [3.8, 4) is 0 Å². The summed E-state index contributed by atoms with van der Waals surface area (Å²) in [6.07, 6.45) is 3.36. The van der Waals surface area contributed by atoms with Gasteiger partial charge in [-0.1, -0.05) is 0 Å². The zero-order chi connectivity index (χ0) is 14.5.